The van der Waals surface area contributed by atoms with Crippen molar-refractivity contribution in [1.82, 2.24) is 30.5 Å². The third-order valence-electron chi connectivity index (χ3n) is 7.00. The largest absolute Gasteiger partial charge is 0.354 e. The average molecular weight is 539 g/mol. The van der Waals surface area contributed by atoms with Crippen LogP contribution >= 0.6 is 0 Å². The average Bonchev–Trinajstić information content (AvgIpc) is 3.00. The zero-order valence-corrected chi connectivity index (χ0v) is 21.8. The SMILES string of the molecule is Fc1ccc(CNC2CCN(c3nc(NCc4ccccc4)nc4nnc(-c5ccc(F)cc5)nc34)CC2)cc1. The third kappa shape index (κ3) is 6.02. The van der Waals surface area contributed by atoms with Crippen molar-refractivity contribution in [1.29, 1.82) is 0 Å². The maximum Gasteiger partial charge on any atom is 0.227 e. The Morgan fingerprint density at radius 2 is 1.40 bits per heavy atom. The van der Waals surface area contributed by atoms with Crippen LogP contribution in [0.5, 0.6) is 0 Å². The summed E-state index contributed by atoms with van der Waals surface area (Å²) in [6.45, 7) is 2.78. The van der Waals surface area contributed by atoms with Gasteiger partial charge in [0.2, 0.25) is 11.6 Å². The molecule has 8 nitrogen and oxygen atoms in total. The van der Waals surface area contributed by atoms with Gasteiger partial charge in [0.25, 0.3) is 0 Å². The molecule has 0 saturated carbocycles. The Balaban J connectivity index is 1.24. The Labute approximate surface area is 230 Å². The number of piperidine rings is 1. The first-order chi connectivity index (χ1) is 19.6. The monoisotopic (exact) mass is 538 g/mol. The highest BCUT2D eigenvalue weighted by molar-refractivity contribution is 5.85. The van der Waals surface area contributed by atoms with Gasteiger partial charge in [0.15, 0.2) is 17.2 Å². The van der Waals surface area contributed by atoms with Crippen molar-refractivity contribution in [2.75, 3.05) is 23.3 Å². The molecule has 5 aromatic rings. The molecule has 0 atom stereocenters. The summed E-state index contributed by atoms with van der Waals surface area (Å²) in [4.78, 5) is 16.4. The lowest BCUT2D eigenvalue weighted by atomic mass is 10.0. The summed E-state index contributed by atoms with van der Waals surface area (Å²) in [5.74, 6) is 0.974. The third-order valence-corrected chi connectivity index (χ3v) is 7.00. The summed E-state index contributed by atoms with van der Waals surface area (Å²) in [5.41, 5.74) is 3.77. The van der Waals surface area contributed by atoms with Gasteiger partial charge in [-0.25, -0.2) is 13.8 Å². The zero-order chi connectivity index (χ0) is 27.3. The van der Waals surface area contributed by atoms with Gasteiger partial charge in [-0.1, -0.05) is 42.5 Å². The highest BCUT2D eigenvalue weighted by Crippen LogP contribution is 2.27. The maximum absolute atomic E-state index is 13.5. The molecule has 0 bridgehead atoms. The van der Waals surface area contributed by atoms with E-state index in [1.54, 1.807) is 24.3 Å². The molecule has 2 N–H and O–H groups in total. The van der Waals surface area contributed by atoms with E-state index in [-0.39, 0.29) is 11.6 Å². The smallest absolute Gasteiger partial charge is 0.227 e. The first-order valence-corrected chi connectivity index (χ1v) is 13.3. The first-order valence-electron chi connectivity index (χ1n) is 13.3. The second kappa shape index (κ2) is 11.7. The van der Waals surface area contributed by atoms with Gasteiger partial charge in [0.05, 0.1) is 0 Å². The van der Waals surface area contributed by atoms with E-state index in [0.717, 1.165) is 37.1 Å². The van der Waals surface area contributed by atoms with E-state index in [2.05, 4.69) is 30.7 Å². The molecular formula is C30H28F2N8. The topological polar surface area (TPSA) is 91.8 Å². The van der Waals surface area contributed by atoms with Crippen LogP contribution in [0.2, 0.25) is 0 Å². The van der Waals surface area contributed by atoms with Crippen molar-refractivity contribution >= 4 is 22.9 Å². The van der Waals surface area contributed by atoms with Crippen molar-refractivity contribution in [2.45, 2.75) is 32.0 Å². The molecule has 2 aromatic heterocycles. The minimum atomic E-state index is -0.327. The standard InChI is InChI=1S/C30H28F2N8/c31-23-10-6-21(7-11-23)18-33-25-14-16-40(17-15-25)29-26-28(36-30(37-29)34-19-20-4-2-1-3-5-20)39-38-27(35-26)22-8-12-24(32)13-9-22/h1-13,25,33H,14-19H2,(H,34,36,37,39). The molecule has 0 aliphatic carbocycles. The molecule has 0 spiro atoms. The van der Waals surface area contributed by atoms with Gasteiger partial charge in [-0.2, -0.15) is 9.97 Å². The van der Waals surface area contributed by atoms with Gasteiger partial charge in [-0.15, -0.1) is 10.2 Å². The molecule has 6 rings (SSSR count). The fraction of sp³-hybridized carbons (Fsp3) is 0.233. The summed E-state index contributed by atoms with van der Waals surface area (Å²) in [5, 5.41) is 15.5. The quantitative estimate of drug-likeness (QED) is 0.281. The van der Waals surface area contributed by atoms with Crippen LogP contribution in [0, 0.1) is 11.6 Å². The second-order valence-electron chi connectivity index (χ2n) is 9.79. The fourth-order valence-electron chi connectivity index (χ4n) is 4.78. The van der Waals surface area contributed by atoms with Crippen LogP contribution in [-0.4, -0.2) is 44.3 Å². The number of rotatable bonds is 8. The van der Waals surface area contributed by atoms with Crippen LogP contribution in [-0.2, 0) is 13.1 Å². The lowest BCUT2D eigenvalue weighted by Gasteiger charge is -2.33. The second-order valence-corrected chi connectivity index (χ2v) is 9.79. The highest BCUT2D eigenvalue weighted by atomic mass is 19.1. The number of anilines is 2. The molecule has 3 heterocycles. The lowest BCUT2D eigenvalue weighted by molar-refractivity contribution is 0.413. The summed E-state index contributed by atoms with van der Waals surface area (Å²) in [7, 11) is 0. The minimum Gasteiger partial charge on any atom is -0.354 e. The van der Waals surface area contributed by atoms with E-state index in [1.165, 1.54) is 24.3 Å². The predicted molar refractivity (Wildman–Crippen MR) is 151 cm³/mol. The van der Waals surface area contributed by atoms with E-state index in [4.69, 9.17) is 9.97 Å². The molecule has 202 valence electrons. The Kier molecular flexibility index (Phi) is 7.49. The van der Waals surface area contributed by atoms with E-state index in [9.17, 15) is 8.78 Å². The Morgan fingerprint density at radius 3 is 2.12 bits per heavy atom. The van der Waals surface area contributed by atoms with Gasteiger partial charge >= 0.3 is 0 Å². The predicted octanol–water partition coefficient (Wildman–Crippen LogP) is 5.13. The number of aromatic nitrogens is 5. The number of hydrogen-bond acceptors (Lipinski definition) is 8. The van der Waals surface area contributed by atoms with Crippen LogP contribution in [0.4, 0.5) is 20.5 Å². The van der Waals surface area contributed by atoms with Crippen molar-refractivity contribution in [3.05, 3.63) is 102 Å². The van der Waals surface area contributed by atoms with Crippen molar-refractivity contribution in [3.8, 4) is 11.4 Å². The van der Waals surface area contributed by atoms with Crippen LogP contribution in [0.1, 0.15) is 24.0 Å². The molecule has 1 fully saturated rings. The van der Waals surface area contributed by atoms with Gasteiger partial charge in [-0.3, -0.25) is 0 Å². The lowest BCUT2D eigenvalue weighted by Crippen LogP contribution is -2.42. The van der Waals surface area contributed by atoms with Crippen LogP contribution in [0.15, 0.2) is 78.9 Å². The molecule has 0 unspecified atom stereocenters. The molecule has 40 heavy (non-hydrogen) atoms. The molecule has 1 saturated heterocycles. The molecule has 3 aromatic carbocycles. The Hall–Kier alpha value is -4.57. The van der Waals surface area contributed by atoms with Gasteiger partial charge in [-0.05, 0) is 60.4 Å². The summed E-state index contributed by atoms with van der Waals surface area (Å²) < 4.78 is 26.7. The van der Waals surface area contributed by atoms with Gasteiger partial charge < -0.3 is 15.5 Å². The van der Waals surface area contributed by atoms with Crippen molar-refractivity contribution in [2.24, 2.45) is 0 Å². The van der Waals surface area contributed by atoms with Gasteiger partial charge in [0.1, 0.15) is 11.6 Å². The number of nitrogens with zero attached hydrogens (tertiary/aromatic N) is 6. The number of benzene rings is 3. The van der Waals surface area contributed by atoms with E-state index in [0.29, 0.717) is 53.4 Å². The summed E-state index contributed by atoms with van der Waals surface area (Å²) in [6, 6.07) is 23.0. The summed E-state index contributed by atoms with van der Waals surface area (Å²) >= 11 is 0. The fourth-order valence-corrected chi connectivity index (χ4v) is 4.78. The zero-order valence-electron chi connectivity index (χ0n) is 21.8. The van der Waals surface area contributed by atoms with E-state index >= 15 is 0 Å². The normalized spacial score (nSPS) is 14.0. The molecule has 0 amide bonds. The number of halogens is 2. The Morgan fingerprint density at radius 1 is 0.725 bits per heavy atom. The van der Waals surface area contributed by atoms with Crippen LogP contribution < -0.4 is 15.5 Å². The molecule has 1 aliphatic heterocycles. The number of hydrogen-bond donors (Lipinski definition) is 2. The molecule has 10 heteroatoms. The first kappa shape index (κ1) is 25.7. The highest BCUT2D eigenvalue weighted by Gasteiger charge is 2.24. The maximum atomic E-state index is 13.5. The number of nitrogens with one attached hydrogen (secondary N) is 2. The van der Waals surface area contributed by atoms with E-state index in [1.807, 2.05) is 30.3 Å². The van der Waals surface area contributed by atoms with Crippen molar-refractivity contribution < 1.29 is 8.78 Å². The molecular weight excluding hydrogens is 510 g/mol. The minimum absolute atomic E-state index is 0.229. The summed E-state index contributed by atoms with van der Waals surface area (Å²) in [6.07, 6.45) is 1.81. The van der Waals surface area contributed by atoms with Gasteiger partial charge in [0, 0.05) is 37.8 Å². The molecule has 1 aliphatic rings. The van der Waals surface area contributed by atoms with Crippen molar-refractivity contribution in [3.63, 3.8) is 0 Å². The molecule has 0 radical (unpaired) electrons. The Bertz CT molecular complexity index is 1570. The van der Waals surface area contributed by atoms with E-state index < -0.39 is 0 Å². The van der Waals surface area contributed by atoms with Crippen LogP contribution in [0.25, 0.3) is 22.6 Å². The number of fused-ring (bicyclic) bond motifs is 1. The van der Waals surface area contributed by atoms with Crippen LogP contribution in [0.3, 0.4) is 0 Å².